The molecule has 3 heterocycles. The number of nitrogens with zero attached hydrogens (tertiary/aromatic N) is 3. The van der Waals surface area contributed by atoms with E-state index in [1.807, 2.05) is 18.2 Å². The Morgan fingerprint density at radius 2 is 1.82 bits per heavy atom. The molecule has 176 valence electrons. The average molecular weight is 458 g/mol. The van der Waals surface area contributed by atoms with Gasteiger partial charge in [0.05, 0.1) is 12.5 Å². The van der Waals surface area contributed by atoms with Crippen LogP contribution in [0.25, 0.3) is 0 Å². The minimum absolute atomic E-state index is 0.0733. The van der Waals surface area contributed by atoms with Gasteiger partial charge in [-0.15, -0.1) is 0 Å². The number of carbonyl (C=O) groups excluding carboxylic acids is 2. The van der Waals surface area contributed by atoms with E-state index in [4.69, 9.17) is 4.74 Å². The van der Waals surface area contributed by atoms with Gasteiger partial charge in [-0.25, -0.2) is 9.37 Å². The van der Waals surface area contributed by atoms with Crippen LogP contribution < -0.4 is 10.2 Å². The molecule has 2 aromatic rings. The van der Waals surface area contributed by atoms with Gasteiger partial charge in [0.2, 0.25) is 5.91 Å². The van der Waals surface area contributed by atoms with Crippen LogP contribution in [0.1, 0.15) is 16.8 Å². The van der Waals surface area contributed by atoms with Gasteiger partial charge in [-0.3, -0.25) is 9.59 Å². The van der Waals surface area contributed by atoms with E-state index in [1.165, 1.54) is 18.2 Å². The maximum atomic E-state index is 13.3. The van der Waals surface area contributed by atoms with E-state index in [0.29, 0.717) is 26.2 Å². The summed E-state index contributed by atoms with van der Waals surface area (Å²) in [7, 11) is 0. The number of ether oxygens (including phenoxy) is 1. The molecule has 33 heavy (non-hydrogen) atoms. The summed E-state index contributed by atoms with van der Waals surface area (Å²) in [6.07, 6.45) is -2.60. The molecule has 4 unspecified atom stereocenters. The number of aliphatic hydroxyl groups excluding tert-OH is 2. The highest BCUT2D eigenvalue weighted by Crippen LogP contribution is 2.24. The third-order valence-electron chi connectivity index (χ3n) is 5.99. The zero-order valence-electron chi connectivity index (χ0n) is 18.0. The Morgan fingerprint density at radius 1 is 1.06 bits per heavy atom. The van der Waals surface area contributed by atoms with Gasteiger partial charge in [-0.2, -0.15) is 0 Å². The second-order valence-electron chi connectivity index (χ2n) is 8.17. The number of benzene rings is 1. The number of piperazine rings is 1. The normalized spacial score (nSPS) is 25.2. The highest BCUT2D eigenvalue weighted by Gasteiger charge is 2.44. The number of halogens is 1. The first-order valence-corrected chi connectivity index (χ1v) is 10.9. The maximum Gasteiger partial charge on any atom is 0.251 e. The number of anilines is 1. The number of hydrogen-bond donors (Lipinski definition) is 3. The van der Waals surface area contributed by atoms with Gasteiger partial charge in [-0.05, 0) is 30.3 Å². The molecule has 0 saturated carbocycles. The quantitative estimate of drug-likeness (QED) is 0.566. The molecule has 0 aliphatic carbocycles. The molecule has 9 nitrogen and oxygen atoms in total. The van der Waals surface area contributed by atoms with Crippen molar-refractivity contribution in [2.75, 3.05) is 37.6 Å². The van der Waals surface area contributed by atoms with Gasteiger partial charge in [0.15, 0.2) is 0 Å². The van der Waals surface area contributed by atoms with Crippen molar-refractivity contribution in [3.63, 3.8) is 0 Å². The third-order valence-corrected chi connectivity index (χ3v) is 5.99. The second-order valence-corrected chi connectivity index (χ2v) is 8.17. The van der Waals surface area contributed by atoms with Crippen molar-refractivity contribution in [3.8, 4) is 0 Å². The summed E-state index contributed by atoms with van der Waals surface area (Å²) in [5, 5.41) is 23.2. The van der Waals surface area contributed by atoms with Crippen LogP contribution in [0.3, 0.4) is 0 Å². The summed E-state index contributed by atoms with van der Waals surface area (Å²) in [4.78, 5) is 33.1. The van der Waals surface area contributed by atoms with Crippen molar-refractivity contribution in [3.05, 3.63) is 60.0 Å². The molecule has 2 amide bonds. The molecule has 10 heteroatoms. The number of aliphatic hydroxyl groups is 2. The van der Waals surface area contributed by atoms with Crippen molar-refractivity contribution in [1.29, 1.82) is 0 Å². The van der Waals surface area contributed by atoms with E-state index < -0.39 is 36.1 Å². The highest BCUT2D eigenvalue weighted by atomic mass is 19.1. The second kappa shape index (κ2) is 10.2. The van der Waals surface area contributed by atoms with Crippen LogP contribution in [0.2, 0.25) is 0 Å². The Balaban J connectivity index is 1.26. The number of amides is 2. The predicted octanol–water partition coefficient (Wildman–Crippen LogP) is 0.179. The standard InChI is InChI=1S/C23H27FN4O5/c24-16-5-3-4-15(12-16)23(32)26-14-18-22(31)21(30)17(33-18)13-20(29)28-10-8-27(9-11-28)19-6-1-2-7-25-19/h1-7,12,17-18,21-22,30-31H,8-11,13-14H2,(H,26,32). The Morgan fingerprint density at radius 3 is 2.52 bits per heavy atom. The van der Waals surface area contributed by atoms with E-state index in [9.17, 15) is 24.2 Å². The smallest absolute Gasteiger partial charge is 0.251 e. The van der Waals surface area contributed by atoms with Gasteiger partial charge < -0.3 is 30.1 Å². The maximum absolute atomic E-state index is 13.3. The summed E-state index contributed by atoms with van der Waals surface area (Å²) < 4.78 is 19.0. The molecule has 2 aliphatic heterocycles. The zero-order chi connectivity index (χ0) is 23.4. The molecule has 3 N–H and O–H groups in total. The molecule has 1 aromatic carbocycles. The first-order chi connectivity index (χ1) is 15.9. The molecule has 0 radical (unpaired) electrons. The van der Waals surface area contributed by atoms with Crippen LogP contribution >= 0.6 is 0 Å². The summed E-state index contributed by atoms with van der Waals surface area (Å²) >= 11 is 0. The van der Waals surface area contributed by atoms with Crippen molar-refractivity contribution < 1.29 is 28.9 Å². The lowest BCUT2D eigenvalue weighted by atomic mass is 10.0. The lowest BCUT2D eigenvalue weighted by molar-refractivity contribution is -0.135. The fourth-order valence-electron chi connectivity index (χ4n) is 4.12. The molecule has 1 aromatic heterocycles. The third kappa shape index (κ3) is 5.47. The zero-order valence-corrected chi connectivity index (χ0v) is 18.0. The van der Waals surface area contributed by atoms with Crippen LogP contribution in [-0.4, -0.2) is 89.1 Å². The summed E-state index contributed by atoms with van der Waals surface area (Å²) in [5.41, 5.74) is 0.139. The van der Waals surface area contributed by atoms with Crippen LogP contribution in [0.15, 0.2) is 48.7 Å². The van der Waals surface area contributed by atoms with Crippen molar-refractivity contribution in [1.82, 2.24) is 15.2 Å². The number of rotatable bonds is 6. The lowest BCUT2D eigenvalue weighted by Gasteiger charge is -2.36. The van der Waals surface area contributed by atoms with E-state index in [1.54, 1.807) is 11.1 Å². The van der Waals surface area contributed by atoms with Crippen LogP contribution in [0.5, 0.6) is 0 Å². The van der Waals surface area contributed by atoms with Gasteiger partial charge in [0.25, 0.3) is 5.91 Å². The predicted molar refractivity (Wildman–Crippen MR) is 117 cm³/mol. The largest absolute Gasteiger partial charge is 0.388 e. The molecule has 2 aliphatic rings. The van der Waals surface area contributed by atoms with Crippen LogP contribution in [-0.2, 0) is 9.53 Å². The number of nitrogens with one attached hydrogen (secondary N) is 1. The van der Waals surface area contributed by atoms with Crippen LogP contribution in [0.4, 0.5) is 10.2 Å². The molecular formula is C23H27FN4O5. The fourth-order valence-corrected chi connectivity index (χ4v) is 4.12. The minimum Gasteiger partial charge on any atom is -0.388 e. The summed E-state index contributed by atoms with van der Waals surface area (Å²) in [6, 6.07) is 10.9. The Labute approximate surface area is 190 Å². The van der Waals surface area contributed by atoms with Gasteiger partial charge >= 0.3 is 0 Å². The van der Waals surface area contributed by atoms with E-state index >= 15 is 0 Å². The Bertz CT molecular complexity index is 970. The van der Waals surface area contributed by atoms with Crippen molar-refractivity contribution in [2.24, 2.45) is 0 Å². The molecule has 0 spiro atoms. The average Bonchev–Trinajstić information content (AvgIpc) is 3.11. The van der Waals surface area contributed by atoms with E-state index in [2.05, 4.69) is 15.2 Å². The molecule has 2 fully saturated rings. The SMILES string of the molecule is O=C(NCC1OC(CC(=O)N2CCN(c3ccccn3)CC2)C(O)C1O)c1cccc(F)c1. The first-order valence-electron chi connectivity index (χ1n) is 10.9. The Hall–Kier alpha value is -3.08. The molecule has 2 saturated heterocycles. The van der Waals surface area contributed by atoms with Gasteiger partial charge in [0.1, 0.15) is 29.9 Å². The Kier molecular flexibility index (Phi) is 7.17. The molecule has 4 atom stereocenters. The van der Waals surface area contributed by atoms with Gasteiger partial charge in [-0.1, -0.05) is 12.1 Å². The monoisotopic (exact) mass is 458 g/mol. The minimum atomic E-state index is -1.25. The van der Waals surface area contributed by atoms with E-state index in [0.717, 1.165) is 11.9 Å². The van der Waals surface area contributed by atoms with Crippen molar-refractivity contribution in [2.45, 2.75) is 30.8 Å². The van der Waals surface area contributed by atoms with Crippen molar-refractivity contribution >= 4 is 17.6 Å². The first kappa shape index (κ1) is 23.1. The van der Waals surface area contributed by atoms with Gasteiger partial charge in [0, 0.05) is 44.5 Å². The fraction of sp³-hybridized carbons (Fsp3) is 0.435. The summed E-state index contributed by atoms with van der Waals surface area (Å²) in [5.74, 6) is -0.360. The highest BCUT2D eigenvalue weighted by molar-refractivity contribution is 5.94. The lowest BCUT2D eigenvalue weighted by Crippen LogP contribution is -2.50. The molecule has 0 bridgehead atoms. The van der Waals surface area contributed by atoms with E-state index in [-0.39, 0.29) is 24.4 Å². The number of pyridine rings is 1. The topological polar surface area (TPSA) is 115 Å². The number of aromatic nitrogens is 1. The van der Waals surface area contributed by atoms with Crippen LogP contribution in [0, 0.1) is 5.82 Å². The summed E-state index contributed by atoms with van der Waals surface area (Å²) in [6.45, 7) is 2.26. The number of carbonyl (C=O) groups is 2. The number of hydrogen-bond acceptors (Lipinski definition) is 7. The molecular weight excluding hydrogens is 431 g/mol. The molecule has 4 rings (SSSR count).